The average Bonchev–Trinajstić information content (AvgIpc) is 2.88. The summed E-state index contributed by atoms with van der Waals surface area (Å²) >= 11 is 0. The summed E-state index contributed by atoms with van der Waals surface area (Å²) in [5.74, 6) is -0.899. The van der Waals surface area contributed by atoms with E-state index < -0.39 is 21.6 Å². The molecule has 0 aliphatic carbocycles. The largest absolute Gasteiger partial charge is 0.385 e. The molecule has 8 nitrogen and oxygen atoms in total. The zero-order chi connectivity index (χ0) is 27.5. The number of halogens is 1. The second-order valence-electron chi connectivity index (χ2n) is 9.20. The lowest BCUT2D eigenvalue weighted by atomic mass is 9.83. The van der Waals surface area contributed by atoms with Gasteiger partial charge in [0.2, 0.25) is 5.95 Å². The number of amides is 1. The Morgan fingerprint density at radius 3 is 2.55 bits per heavy atom. The molecule has 0 spiro atoms. The molecule has 0 unspecified atom stereocenters. The monoisotopic (exact) mass is 536 g/mol. The Hall–Kier alpha value is -3.89. The average molecular weight is 537 g/mol. The van der Waals surface area contributed by atoms with Crippen molar-refractivity contribution in [3.63, 3.8) is 0 Å². The van der Waals surface area contributed by atoms with Crippen LogP contribution >= 0.6 is 0 Å². The Morgan fingerprint density at radius 1 is 1.16 bits per heavy atom. The number of allylic oxidation sites excluding steroid dienone is 3. The number of aliphatic hydroxyl groups is 1. The molecule has 1 saturated heterocycles. The summed E-state index contributed by atoms with van der Waals surface area (Å²) in [6.07, 6.45) is 6.48. The van der Waals surface area contributed by atoms with E-state index in [0.29, 0.717) is 27.9 Å². The van der Waals surface area contributed by atoms with Gasteiger partial charge in [-0.15, -0.1) is 0 Å². The number of fused-ring (bicyclic) bond motifs is 1. The van der Waals surface area contributed by atoms with Crippen molar-refractivity contribution in [1.82, 2.24) is 19.6 Å². The molecule has 10 heteroatoms. The lowest BCUT2D eigenvalue weighted by molar-refractivity contribution is -0.131. The van der Waals surface area contributed by atoms with Gasteiger partial charge in [-0.05, 0) is 63.1 Å². The summed E-state index contributed by atoms with van der Waals surface area (Å²) in [7, 11) is -3.91. The Kier molecular flexibility index (Phi) is 7.75. The molecule has 198 valence electrons. The summed E-state index contributed by atoms with van der Waals surface area (Å²) in [5.41, 5.74) is 0.714. The highest BCUT2D eigenvalue weighted by molar-refractivity contribution is 7.89. The first-order chi connectivity index (χ1) is 18.0. The molecule has 2 N–H and O–H groups in total. The third kappa shape index (κ3) is 5.66. The van der Waals surface area contributed by atoms with E-state index in [4.69, 9.17) is 0 Å². The van der Waals surface area contributed by atoms with Crippen molar-refractivity contribution in [2.24, 2.45) is 0 Å². The van der Waals surface area contributed by atoms with Crippen LogP contribution in [0.3, 0.4) is 0 Å². The van der Waals surface area contributed by atoms with Crippen LogP contribution in [0.25, 0.3) is 10.9 Å². The van der Waals surface area contributed by atoms with Crippen LogP contribution in [0.5, 0.6) is 0 Å². The second kappa shape index (κ2) is 10.8. The molecule has 1 aliphatic heterocycles. The Labute approximate surface area is 221 Å². The molecular weight excluding hydrogens is 507 g/mol. The van der Waals surface area contributed by atoms with Gasteiger partial charge in [0, 0.05) is 47.2 Å². The molecule has 38 heavy (non-hydrogen) atoms. The van der Waals surface area contributed by atoms with Gasteiger partial charge < -0.3 is 10.0 Å². The van der Waals surface area contributed by atoms with Crippen molar-refractivity contribution in [3.8, 4) is 0 Å². The summed E-state index contributed by atoms with van der Waals surface area (Å²) in [6.45, 7) is 7.51. The van der Waals surface area contributed by atoms with Gasteiger partial charge in [0.15, 0.2) is 0 Å². The Balaban J connectivity index is 1.46. The number of hydrogen-bond donors (Lipinski definition) is 2. The van der Waals surface area contributed by atoms with E-state index in [1.54, 1.807) is 43.0 Å². The highest BCUT2D eigenvalue weighted by Crippen LogP contribution is 2.34. The molecule has 0 saturated carbocycles. The normalized spacial score (nSPS) is 16.4. The molecule has 0 bridgehead atoms. The van der Waals surface area contributed by atoms with Crippen molar-refractivity contribution in [2.45, 2.75) is 37.2 Å². The Bertz CT molecular complexity index is 1550. The number of pyridine rings is 2. The predicted molar refractivity (Wildman–Crippen MR) is 143 cm³/mol. The smallest absolute Gasteiger partial charge is 0.263 e. The highest BCUT2D eigenvalue weighted by atomic mass is 32.2. The van der Waals surface area contributed by atoms with Gasteiger partial charge in [-0.1, -0.05) is 30.9 Å². The van der Waals surface area contributed by atoms with Crippen molar-refractivity contribution >= 4 is 26.8 Å². The number of rotatable bonds is 7. The van der Waals surface area contributed by atoms with Gasteiger partial charge in [-0.2, -0.15) is 4.39 Å². The maximum atomic E-state index is 13.4. The van der Waals surface area contributed by atoms with Crippen LogP contribution in [0, 0.1) is 12.9 Å². The number of nitrogens with one attached hydrogen (secondary N) is 1. The van der Waals surface area contributed by atoms with Crippen LogP contribution < -0.4 is 4.72 Å². The van der Waals surface area contributed by atoms with E-state index in [0.717, 1.165) is 0 Å². The number of aromatic nitrogens is 2. The van der Waals surface area contributed by atoms with Crippen LogP contribution in [0.15, 0.2) is 89.6 Å². The summed E-state index contributed by atoms with van der Waals surface area (Å²) < 4.78 is 42.0. The van der Waals surface area contributed by atoms with Crippen molar-refractivity contribution in [2.75, 3.05) is 13.1 Å². The first-order valence-electron chi connectivity index (χ1n) is 12.1. The molecule has 4 rings (SSSR count). The van der Waals surface area contributed by atoms with Gasteiger partial charge in [0.25, 0.3) is 15.9 Å². The molecule has 2 aromatic heterocycles. The first-order valence-corrected chi connectivity index (χ1v) is 13.6. The zero-order valence-corrected chi connectivity index (χ0v) is 22.0. The lowest BCUT2D eigenvalue weighted by Gasteiger charge is -2.39. The molecule has 1 aromatic carbocycles. The minimum Gasteiger partial charge on any atom is -0.385 e. The lowest BCUT2D eigenvalue weighted by Crippen LogP contribution is -2.45. The minimum atomic E-state index is -3.91. The Morgan fingerprint density at radius 2 is 1.87 bits per heavy atom. The summed E-state index contributed by atoms with van der Waals surface area (Å²) in [5, 5.41) is 11.8. The zero-order valence-electron chi connectivity index (χ0n) is 21.2. The summed E-state index contributed by atoms with van der Waals surface area (Å²) in [4.78, 5) is 22.8. The number of carbonyl (C=O) groups is 1. The number of nitrogens with zero attached hydrogens (tertiary/aromatic N) is 3. The number of piperidine rings is 1. The third-order valence-corrected chi connectivity index (χ3v) is 8.09. The fourth-order valence-corrected chi connectivity index (χ4v) is 5.87. The van der Waals surface area contributed by atoms with E-state index >= 15 is 0 Å². The fraction of sp³-hybridized carbons (Fsp3) is 0.250. The van der Waals surface area contributed by atoms with Crippen LogP contribution in [0.1, 0.15) is 31.0 Å². The molecule has 1 fully saturated rings. The molecule has 3 aromatic rings. The van der Waals surface area contributed by atoms with Crippen molar-refractivity contribution < 1.29 is 22.7 Å². The van der Waals surface area contributed by atoms with Crippen LogP contribution in [-0.4, -0.2) is 47.4 Å². The van der Waals surface area contributed by atoms with Crippen LogP contribution in [0.2, 0.25) is 0 Å². The van der Waals surface area contributed by atoms with E-state index in [9.17, 15) is 22.7 Å². The number of benzene rings is 1. The van der Waals surface area contributed by atoms with Gasteiger partial charge >= 0.3 is 0 Å². The van der Waals surface area contributed by atoms with Crippen LogP contribution in [0.4, 0.5) is 4.39 Å². The van der Waals surface area contributed by atoms with Gasteiger partial charge in [0.05, 0.1) is 11.1 Å². The maximum absolute atomic E-state index is 13.4. The molecular formula is C28H29FN4O4S. The summed E-state index contributed by atoms with van der Waals surface area (Å²) in [6, 6.07) is 11.2. The van der Waals surface area contributed by atoms with E-state index in [-0.39, 0.29) is 42.3 Å². The fourth-order valence-electron chi connectivity index (χ4n) is 4.59. The molecule has 0 radical (unpaired) electrons. The SMILES string of the molecule is C=C/C(=C\C=C(/C)NS(=O)(=O)c1cccc2cccnc12)C(=O)N1CCC(O)(c2ccc(F)nc2C)CC1. The van der Waals surface area contributed by atoms with Gasteiger partial charge in [-0.25, -0.2) is 13.4 Å². The molecule has 1 aliphatic rings. The number of carbonyl (C=O) groups excluding carboxylic acids is 1. The number of hydrogen-bond acceptors (Lipinski definition) is 6. The quantitative estimate of drug-likeness (QED) is 0.269. The standard InChI is InChI=1S/C28H29FN4O4S/c1-4-21(27(34)33-17-14-28(35,15-18-33)23-12-13-25(29)31-20(23)3)11-10-19(2)32-38(36,37)24-9-5-7-22-8-6-16-30-26(22)24/h4-13,16,32,35H,1,14-15,17-18H2,2-3H3/b19-10+,21-11+. The minimum absolute atomic E-state index is 0.0553. The van der Waals surface area contributed by atoms with Gasteiger partial charge in [-0.3, -0.25) is 14.5 Å². The van der Waals surface area contributed by atoms with E-state index in [2.05, 4.69) is 21.3 Å². The van der Waals surface area contributed by atoms with Crippen molar-refractivity contribution in [1.29, 1.82) is 0 Å². The maximum Gasteiger partial charge on any atom is 0.263 e. The predicted octanol–water partition coefficient (Wildman–Crippen LogP) is 3.88. The number of aryl methyl sites for hydroxylation is 1. The molecule has 3 heterocycles. The van der Waals surface area contributed by atoms with E-state index in [1.165, 1.54) is 42.6 Å². The third-order valence-electron chi connectivity index (χ3n) is 6.59. The highest BCUT2D eigenvalue weighted by Gasteiger charge is 2.37. The number of likely N-dealkylation sites (tertiary alicyclic amines) is 1. The first kappa shape index (κ1) is 27.2. The number of sulfonamides is 1. The second-order valence-corrected chi connectivity index (χ2v) is 10.9. The molecule has 0 atom stereocenters. The van der Waals surface area contributed by atoms with Crippen molar-refractivity contribution in [3.05, 3.63) is 102 Å². The van der Waals surface area contributed by atoms with E-state index in [1.807, 2.05) is 0 Å². The number of para-hydroxylation sites is 1. The topological polar surface area (TPSA) is 112 Å². The van der Waals surface area contributed by atoms with Crippen LogP contribution in [-0.2, 0) is 20.4 Å². The molecule has 1 amide bonds. The van der Waals surface area contributed by atoms with Gasteiger partial charge in [0.1, 0.15) is 4.90 Å².